The molecule has 3 heterocycles. The average molecular weight is 408 g/mol. The first-order chi connectivity index (χ1) is 12.0. The first-order valence-electron chi connectivity index (χ1n) is 8.50. The van der Waals surface area contributed by atoms with E-state index in [1.165, 1.54) is 7.11 Å². The van der Waals surface area contributed by atoms with E-state index in [9.17, 15) is 9.59 Å². The van der Waals surface area contributed by atoms with Gasteiger partial charge in [0.15, 0.2) is 5.65 Å². The molecule has 0 atom stereocenters. The summed E-state index contributed by atoms with van der Waals surface area (Å²) in [5, 5.41) is 0. The minimum atomic E-state index is -0.185. The fourth-order valence-corrected chi connectivity index (χ4v) is 4.03. The van der Waals surface area contributed by atoms with E-state index in [0.29, 0.717) is 38.0 Å². The Balaban J connectivity index is 1.91. The van der Waals surface area contributed by atoms with Gasteiger partial charge >= 0.3 is 5.97 Å². The molecule has 1 aliphatic heterocycles. The van der Waals surface area contributed by atoms with Crippen molar-refractivity contribution in [2.45, 2.75) is 33.1 Å². The summed E-state index contributed by atoms with van der Waals surface area (Å²) in [6.45, 7) is 5.11. The van der Waals surface area contributed by atoms with Crippen LogP contribution in [0.15, 0.2) is 16.7 Å². The number of hydrogen-bond donors (Lipinski definition) is 0. The van der Waals surface area contributed by atoms with Crippen LogP contribution in [0.25, 0.3) is 5.65 Å². The van der Waals surface area contributed by atoms with Crippen LogP contribution in [0, 0.1) is 12.8 Å². The third kappa shape index (κ3) is 3.29. The highest BCUT2D eigenvalue weighted by Crippen LogP contribution is 2.26. The van der Waals surface area contributed by atoms with Crippen LogP contribution in [0.1, 0.15) is 41.5 Å². The zero-order valence-corrected chi connectivity index (χ0v) is 16.3. The van der Waals surface area contributed by atoms with Gasteiger partial charge in [-0.2, -0.15) is 0 Å². The van der Waals surface area contributed by atoms with Crippen molar-refractivity contribution < 1.29 is 14.3 Å². The second kappa shape index (κ2) is 7.15. The number of amides is 1. The van der Waals surface area contributed by atoms with E-state index >= 15 is 0 Å². The van der Waals surface area contributed by atoms with Gasteiger partial charge in [-0.1, -0.05) is 6.92 Å². The van der Waals surface area contributed by atoms with E-state index in [1.54, 1.807) is 0 Å². The van der Waals surface area contributed by atoms with Crippen molar-refractivity contribution in [1.29, 1.82) is 0 Å². The molecule has 1 aliphatic rings. The molecule has 0 radical (unpaired) electrons. The highest BCUT2D eigenvalue weighted by Gasteiger charge is 2.31. The minimum Gasteiger partial charge on any atom is -0.469 e. The number of rotatable bonds is 3. The third-order valence-electron chi connectivity index (χ3n) is 4.74. The number of carbonyl (C=O) groups is 2. The molecule has 7 heteroatoms. The number of methoxy groups -OCH3 is 1. The Morgan fingerprint density at radius 3 is 2.64 bits per heavy atom. The topological polar surface area (TPSA) is 63.9 Å². The maximum atomic E-state index is 13.2. The van der Waals surface area contributed by atoms with Gasteiger partial charge in [-0.15, -0.1) is 0 Å². The van der Waals surface area contributed by atoms with Gasteiger partial charge in [0.1, 0.15) is 5.69 Å². The van der Waals surface area contributed by atoms with Gasteiger partial charge < -0.3 is 9.64 Å². The Morgan fingerprint density at radius 1 is 1.36 bits per heavy atom. The number of fused-ring (bicyclic) bond motifs is 1. The van der Waals surface area contributed by atoms with Gasteiger partial charge in [0.05, 0.1) is 23.2 Å². The number of halogens is 1. The van der Waals surface area contributed by atoms with Gasteiger partial charge in [0, 0.05) is 19.3 Å². The Kier molecular flexibility index (Phi) is 5.13. The fraction of sp³-hybridized carbons (Fsp3) is 0.500. The smallest absolute Gasteiger partial charge is 0.308 e. The molecule has 6 nitrogen and oxygen atoms in total. The lowest BCUT2D eigenvalue weighted by Crippen LogP contribution is -2.41. The molecule has 1 fully saturated rings. The van der Waals surface area contributed by atoms with Crippen LogP contribution in [0.3, 0.4) is 0 Å². The van der Waals surface area contributed by atoms with E-state index < -0.39 is 0 Å². The minimum absolute atomic E-state index is 0.0230. The number of pyridine rings is 1. The summed E-state index contributed by atoms with van der Waals surface area (Å²) in [5.74, 6) is -0.320. The number of imidazole rings is 1. The SMILES string of the molecule is CCc1nc2c(Br)cc(C)cn2c1C(=O)N1CCC(C(=O)OC)CC1. The van der Waals surface area contributed by atoms with Gasteiger partial charge in [-0.25, -0.2) is 4.98 Å². The number of piperidine rings is 1. The van der Waals surface area contributed by atoms with Crippen LogP contribution in [-0.2, 0) is 16.0 Å². The molecule has 0 bridgehead atoms. The van der Waals surface area contributed by atoms with E-state index in [1.807, 2.05) is 35.4 Å². The van der Waals surface area contributed by atoms with Gasteiger partial charge in [0.2, 0.25) is 0 Å². The standard InChI is InChI=1S/C18H22BrN3O3/c1-4-14-15(22-10-11(2)9-13(19)16(22)20-14)17(23)21-7-5-12(6-8-21)18(24)25-3/h9-10,12H,4-8H2,1-3H3. The van der Waals surface area contributed by atoms with Crippen molar-refractivity contribution in [2.75, 3.05) is 20.2 Å². The van der Waals surface area contributed by atoms with Gasteiger partial charge in [0.25, 0.3) is 5.91 Å². The second-order valence-electron chi connectivity index (χ2n) is 6.41. The lowest BCUT2D eigenvalue weighted by atomic mass is 9.96. The normalized spacial score (nSPS) is 15.6. The number of aromatic nitrogens is 2. The van der Waals surface area contributed by atoms with Crippen molar-refractivity contribution >= 4 is 33.5 Å². The molecule has 0 aromatic carbocycles. The van der Waals surface area contributed by atoms with E-state index in [-0.39, 0.29) is 17.8 Å². The molecule has 0 unspecified atom stereocenters. The maximum Gasteiger partial charge on any atom is 0.308 e. The lowest BCUT2D eigenvalue weighted by molar-refractivity contribution is -0.146. The molecule has 1 saturated heterocycles. The zero-order valence-electron chi connectivity index (χ0n) is 14.7. The number of nitrogens with zero attached hydrogens (tertiary/aromatic N) is 3. The summed E-state index contributed by atoms with van der Waals surface area (Å²) >= 11 is 3.54. The molecule has 25 heavy (non-hydrogen) atoms. The number of carbonyl (C=O) groups excluding carboxylic acids is 2. The summed E-state index contributed by atoms with van der Waals surface area (Å²) in [6, 6.07) is 2.00. The molecule has 1 amide bonds. The largest absolute Gasteiger partial charge is 0.469 e. The Labute approximate surface area is 155 Å². The Hall–Kier alpha value is -1.89. The monoisotopic (exact) mass is 407 g/mol. The highest BCUT2D eigenvalue weighted by molar-refractivity contribution is 9.10. The van der Waals surface area contributed by atoms with Crippen LogP contribution in [0.2, 0.25) is 0 Å². The first-order valence-corrected chi connectivity index (χ1v) is 9.29. The van der Waals surface area contributed by atoms with Crippen molar-refractivity contribution in [3.8, 4) is 0 Å². The maximum absolute atomic E-state index is 13.2. The molecule has 0 aliphatic carbocycles. The number of likely N-dealkylation sites (tertiary alicyclic amines) is 1. The number of hydrogen-bond acceptors (Lipinski definition) is 4. The van der Waals surface area contributed by atoms with Gasteiger partial charge in [-0.05, 0) is 53.7 Å². The van der Waals surface area contributed by atoms with Crippen LogP contribution in [-0.4, -0.2) is 46.4 Å². The molecule has 0 N–H and O–H groups in total. The van der Waals surface area contributed by atoms with E-state index in [0.717, 1.165) is 21.4 Å². The summed E-state index contributed by atoms with van der Waals surface area (Å²) in [7, 11) is 1.41. The first kappa shape index (κ1) is 17.9. The van der Waals surface area contributed by atoms with Crippen molar-refractivity contribution in [2.24, 2.45) is 5.92 Å². The Morgan fingerprint density at radius 2 is 2.04 bits per heavy atom. The molecule has 2 aromatic heterocycles. The molecule has 0 spiro atoms. The van der Waals surface area contributed by atoms with Crippen molar-refractivity contribution in [3.63, 3.8) is 0 Å². The average Bonchev–Trinajstić information content (AvgIpc) is 2.99. The summed E-state index contributed by atoms with van der Waals surface area (Å²) in [4.78, 5) is 31.3. The molecule has 2 aromatic rings. The lowest BCUT2D eigenvalue weighted by Gasteiger charge is -2.30. The van der Waals surface area contributed by atoms with Crippen molar-refractivity contribution in [1.82, 2.24) is 14.3 Å². The summed E-state index contributed by atoms with van der Waals surface area (Å²) in [5.41, 5.74) is 3.23. The second-order valence-corrected chi connectivity index (χ2v) is 7.26. The predicted molar refractivity (Wildman–Crippen MR) is 97.7 cm³/mol. The molecule has 3 rings (SSSR count). The number of aryl methyl sites for hydroxylation is 2. The number of esters is 1. The van der Waals surface area contributed by atoms with Crippen LogP contribution >= 0.6 is 15.9 Å². The highest BCUT2D eigenvalue weighted by atomic mass is 79.9. The summed E-state index contributed by atoms with van der Waals surface area (Å²) in [6.07, 6.45) is 3.91. The Bertz CT molecular complexity index is 823. The molecule has 0 saturated carbocycles. The van der Waals surface area contributed by atoms with Gasteiger partial charge in [-0.3, -0.25) is 14.0 Å². The molecule has 134 valence electrons. The summed E-state index contributed by atoms with van der Waals surface area (Å²) < 4.78 is 7.58. The molecular formula is C18H22BrN3O3. The fourth-order valence-electron chi connectivity index (χ4n) is 3.39. The van der Waals surface area contributed by atoms with E-state index in [4.69, 9.17) is 4.74 Å². The van der Waals surface area contributed by atoms with Crippen LogP contribution in [0.4, 0.5) is 0 Å². The quantitative estimate of drug-likeness (QED) is 0.733. The van der Waals surface area contributed by atoms with E-state index in [2.05, 4.69) is 20.9 Å². The van der Waals surface area contributed by atoms with Crippen molar-refractivity contribution in [3.05, 3.63) is 33.7 Å². The van der Waals surface area contributed by atoms with Crippen LogP contribution < -0.4 is 0 Å². The third-order valence-corrected chi connectivity index (χ3v) is 5.32. The number of ether oxygens (including phenoxy) is 1. The van der Waals surface area contributed by atoms with Crippen LogP contribution in [0.5, 0.6) is 0 Å². The predicted octanol–water partition coefficient (Wildman–Crippen LogP) is 2.99. The molecular weight excluding hydrogens is 386 g/mol. The zero-order chi connectivity index (χ0) is 18.1.